The molecular formula is C21H24N2O2. The van der Waals surface area contributed by atoms with Gasteiger partial charge in [0, 0.05) is 30.6 Å². The monoisotopic (exact) mass is 336 g/mol. The molecule has 1 saturated carbocycles. The topological polar surface area (TPSA) is 55.6 Å². The fraction of sp³-hybridized carbons (Fsp3) is 0.381. The number of rotatable bonds is 4. The highest BCUT2D eigenvalue weighted by molar-refractivity contribution is 5.85. The van der Waals surface area contributed by atoms with E-state index in [1.54, 1.807) is 7.11 Å². The van der Waals surface area contributed by atoms with Crippen molar-refractivity contribution < 1.29 is 9.53 Å². The normalized spacial score (nSPS) is 25.0. The Morgan fingerprint density at radius 3 is 2.56 bits per heavy atom. The standard InChI is InChI=1S/C21H24N2O2/c1-25-20-9-5-4-8-17(20)15-6-2-3-7-16(15)18-12-19(18)21(24)23-11-10-14(22)13-23/h2-9,14,18-19H,10-13,22H2,1H3. The molecule has 4 nitrogen and oxygen atoms in total. The lowest BCUT2D eigenvalue weighted by Gasteiger charge is -2.17. The van der Waals surface area contributed by atoms with E-state index in [0.29, 0.717) is 12.5 Å². The Bertz CT molecular complexity index is 789. The summed E-state index contributed by atoms with van der Waals surface area (Å²) in [7, 11) is 1.70. The van der Waals surface area contributed by atoms with Crippen molar-refractivity contribution in [1.82, 2.24) is 4.90 Å². The summed E-state index contributed by atoms with van der Waals surface area (Å²) in [5.74, 6) is 1.53. The van der Waals surface area contributed by atoms with Crippen molar-refractivity contribution in [3.05, 3.63) is 54.1 Å². The zero-order chi connectivity index (χ0) is 17.4. The summed E-state index contributed by atoms with van der Waals surface area (Å²) in [5, 5.41) is 0. The Labute approximate surface area is 148 Å². The molecule has 0 spiro atoms. The van der Waals surface area contributed by atoms with E-state index in [9.17, 15) is 4.79 Å². The van der Waals surface area contributed by atoms with E-state index < -0.39 is 0 Å². The minimum atomic E-state index is 0.0983. The van der Waals surface area contributed by atoms with Crippen LogP contribution >= 0.6 is 0 Å². The van der Waals surface area contributed by atoms with Crippen LogP contribution in [0.5, 0.6) is 5.75 Å². The van der Waals surface area contributed by atoms with Gasteiger partial charge in [0.2, 0.25) is 5.91 Å². The lowest BCUT2D eigenvalue weighted by atomic mass is 9.95. The molecule has 2 aromatic rings. The Morgan fingerprint density at radius 2 is 1.84 bits per heavy atom. The summed E-state index contributed by atoms with van der Waals surface area (Å²) in [6, 6.07) is 16.6. The summed E-state index contributed by atoms with van der Waals surface area (Å²) < 4.78 is 5.53. The Hall–Kier alpha value is -2.33. The second-order valence-electron chi connectivity index (χ2n) is 7.07. The number of benzene rings is 2. The molecule has 2 N–H and O–H groups in total. The average Bonchev–Trinajstić information content (AvgIpc) is 3.34. The van der Waals surface area contributed by atoms with Crippen molar-refractivity contribution in [2.75, 3.05) is 20.2 Å². The van der Waals surface area contributed by atoms with Gasteiger partial charge in [-0.1, -0.05) is 42.5 Å². The molecule has 0 radical (unpaired) electrons. The molecule has 2 aliphatic rings. The van der Waals surface area contributed by atoms with E-state index in [0.717, 1.165) is 30.7 Å². The predicted octanol–water partition coefficient (Wildman–Crippen LogP) is 3.03. The quantitative estimate of drug-likeness (QED) is 0.934. The second-order valence-corrected chi connectivity index (χ2v) is 7.07. The number of nitrogens with zero attached hydrogens (tertiary/aromatic N) is 1. The van der Waals surface area contributed by atoms with Crippen LogP contribution in [0.25, 0.3) is 11.1 Å². The summed E-state index contributed by atoms with van der Waals surface area (Å²) in [6.07, 6.45) is 1.84. The van der Waals surface area contributed by atoms with Gasteiger partial charge in [0.15, 0.2) is 0 Å². The largest absolute Gasteiger partial charge is 0.496 e. The fourth-order valence-corrected chi connectivity index (χ4v) is 3.97. The molecule has 1 aliphatic carbocycles. The van der Waals surface area contributed by atoms with Gasteiger partial charge >= 0.3 is 0 Å². The van der Waals surface area contributed by atoms with Gasteiger partial charge in [0.25, 0.3) is 0 Å². The number of amides is 1. The van der Waals surface area contributed by atoms with Crippen LogP contribution in [0.4, 0.5) is 0 Å². The lowest BCUT2D eigenvalue weighted by Crippen LogP contribution is -2.33. The molecule has 25 heavy (non-hydrogen) atoms. The maximum atomic E-state index is 12.8. The van der Waals surface area contributed by atoms with Crippen LogP contribution in [0.15, 0.2) is 48.5 Å². The molecule has 1 heterocycles. The van der Waals surface area contributed by atoms with Crippen molar-refractivity contribution >= 4 is 5.91 Å². The number of likely N-dealkylation sites (tertiary alicyclic amines) is 1. The van der Waals surface area contributed by atoms with Gasteiger partial charge in [-0.2, -0.15) is 0 Å². The Kier molecular flexibility index (Phi) is 4.22. The first-order valence-corrected chi connectivity index (χ1v) is 8.95. The molecule has 4 rings (SSSR count). The SMILES string of the molecule is COc1ccccc1-c1ccccc1C1CC1C(=O)N1CCC(N)C1. The predicted molar refractivity (Wildman–Crippen MR) is 98.5 cm³/mol. The van der Waals surface area contributed by atoms with Crippen LogP contribution in [-0.4, -0.2) is 37.0 Å². The Morgan fingerprint density at radius 1 is 1.12 bits per heavy atom. The van der Waals surface area contributed by atoms with Crippen LogP contribution in [0.1, 0.15) is 24.3 Å². The molecule has 1 saturated heterocycles. The molecule has 130 valence electrons. The minimum absolute atomic E-state index is 0.0983. The third-order valence-corrected chi connectivity index (χ3v) is 5.40. The maximum Gasteiger partial charge on any atom is 0.226 e. The van der Waals surface area contributed by atoms with E-state index in [2.05, 4.69) is 24.3 Å². The van der Waals surface area contributed by atoms with Gasteiger partial charge < -0.3 is 15.4 Å². The molecular weight excluding hydrogens is 312 g/mol. The average molecular weight is 336 g/mol. The van der Waals surface area contributed by atoms with E-state index >= 15 is 0 Å². The number of methoxy groups -OCH3 is 1. The van der Waals surface area contributed by atoms with Crippen molar-refractivity contribution in [1.29, 1.82) is 0 Å². The lowest BCUT2D eigenvalue weighted by molar-refractivity contribution is -0.131. The third kappa shape index (κ3) is 3.02. The third-order valence-electron chi connectivity index (χ3n) is 5.40. The molecule has 0 aromatic heterocycles. The van der Waals surface area contributed by atoms with Crippen molar-refractivity contribution in [2.45, 2.75) is 24.8 Å². The van der Waals surface area contributed by atoms with Gasteiger partial charge in [-0.25, -0.2) is 0 Å². The molecule has 1 amide bonds. The second kappa shape index (κ2) is 6.52. The molecule has 2 fully saturated rings. The fourth-order valence-electron chi connectivity index (χ4n) is 3.97. The highest BCUT2D eigenvalue weighted by Crippen LogP contribution is 2.52. The summed E-state index contributed by atoms with van der Waals surface area (Å²) in [6.45, 7) is 1.51. The maximum absolute atomic E-state index is 12.8. The number of ether oxygens (including phenoxy) is 1. The minimum Gasteiger partial charge on any atom is -0.496 e. The first-order valence-electron chi connectivity index (χ1n) is 8.95. The summed E-state index contributed by atoms with van der Waals surface area (Å²) >= 11 is 0. The number of carbonyl (C=O) groups excluding carboxylic acids is 1. The van der Waals surface area contributed by atoms with E-state index in [-0.39, 0.29) is 17.9 Å². The zero-order valence-electron chi connectivity index (χ0n) is 14.5. The molecule has 1 aliphatic heterocycles. The van der Waals surface area contributed by atoms with E-state index in [1.807, 2.05) is 29.2 Å². The first-order chi connectivity index (χ1) is 12.2. The number of hydrogen-bond acceptors (Lipinski definition) is 3. The van der Waals surface area contributed by atoms with Gasteiger partial charge in [0.1, 0.15) is 5.75 Å². The number of carbonyl (C=O) groups is 1. The zero-order valence-corrected chi connectivity index (χ0v) is 14.5. The van der Waals surface area contributed by atoms with Crippen LogP contribution < -0.4 is 10.5 Å². The van der Waals surface area contributed by atoms with E-state index in [1.165, 1.54) is 11.1 Å². The van der Waals surface area contributed by atoms with Gasteiger partial charge in [-0.3, -0.25) is 4.79 Å². The Balaban J connectivity index is 1.60. The molecule has 3 unspecified atom stereocenters. The van der Waals surface area contributed by atoms with Crippen LogP contribution in [-0.2, 0) is 4.79 Å². The van der Waals surface area contributed by atoms with Crippen LogP contribution in [0.3, 0.4) is 0 Å². The molecule has 4 heteroatoms. The molecule has 3 atom stereocenters. The summed E-state index contributed by atoms with van der Waals surface area (Å²) in [5.41, 5.74) is 9.45. The van der Waals surface area contributed by atoms with Gasteiger partial charge in [0.05, 0.1) is 7.11 Å². The first kappa shape index (κ1) is 16.2. The summed E-state index contributed by atoms with van der Waals surface area (Å²) in [4.78, 5) is 14.7. The smallest absolute Gasteiger partial charge is 0.226 e. The number of nitrogens with two attached hydrogens (primary N) is 1. The van der Waals surface area contributed by atoms with Crippen molar-refractivity contribution in [3.63, 3.8) is 0 Å². The highest BCUT2D eigenvalue weighted by Gasteiger charge is 2.47. The van der Waals surface area contributed by atoms with Crippen LogP contribution in [0, 0.1) is 5.92 Å². The number of hydrogen-bond donors (Lipinski definition) is 1. The van der Waals surface area contributed by atoms with E-state index in [4.69, 9.17) is 10.5 Å². The van der Waals surface area contributed by atoms with Crippen molar-refractivity contribution in [2.24, 2.45) is 11.7 Å². The molecule has 0 bridgehead atoms. The van der Waals surface area contributed by atoms with Crippen molar-refractivity contribution in [3.8, 4) is 16.9 Å². The van der Waals surface area contributed by atoms with Gasteiger partial charge in [-0.15, -0.1) is 0 Å². The number of para-hydroxylation sites is 1. The highest BCUT2D eigenvalue weighted by atomic mass is 16.5. The molecule has 2 aromatic carbocycles. The van der Waals surface area contributed by atoms with Crippen LogP contribution in [0.2, 0.25) is 0 Å². The van der Waals surface area contributed by atoms with Gasteiger partial charge in [-0.05, 0) is 36.0 Å².